The van der Waals surface area contributed by atoms with Gasteiger partial charge in [0.15, 0.2) is 0 Å². The van der Waals surface area contributed by atoms with E-state index in [2.05, 4.69) is 22.8 Å². The second-order valence-electron chi connectivity index (χ2n) is 5.99. The number of unbranched alkanes of at least 4 members (excludes halogenated alkanes) is 5. The molecule has 0 heterocycles. The highest BCUT2D eigenvalue weighted by Crippen LogP contribution is 2.07. The number of hydrogen-bond acceptors (Lipinski definition) is 3. The van der Waals surface area contributed by atoms with Crippen LogP contribution in [0.3, 0.4) is 0 Å². The second kappa shape index (κ2) is 12.3. The molecule has 1 aromatic carbocycles. The summed E-state index contributed by atoms with van der Waals surface area (Å²) in [5.74, 6) is -0.235. The Bertz CT molecular complexity index is 527. The second-order valence-corrected chi connectivity index (χ2v) is 5.99. The molecule has 0 fully saturated rings. The van der Waals surface area contributed by atoms with E-state index < -0.39 is 0 Å². The van der Waals surface area contributed by atoms with Crippen LogP contribution in [-0.2, 0) is 9.59 Å². The van der Waals surface area contributed by atoms with Crippen LogP contribution in [0.2, 0.25) is 0 Å². The quantitative estimate of drug-likeness (QED) is 0.361. The van der Waals surface area contributed by atoms with Gasteiger partial charge in [0, 0.05) is 17.8 Å². The predicted molar refractivity (Wildman–Crippen MR) is 98.9 cm³/mol. The van der Waals surface area contributed by atoms with E-state index in [1.807, 2.05) is 30.3 Å². The van der Waals surface area contributed by atoms with Gasteiger partial charge in [-0.3, -0.25) is 9.59 Å². The molecule has 1 rings (SSSR count). The molecule has 0 atom stereocenters. The molecule has 24 heavy (non-hydrogen) atoms. The standard InChI is InChI=1S/C19H29N3O2/c1-3-4-5-6-7-11-14-18(23)22-21-16(2)15-19(24)20-17-12-9-8-10-13-17/h8-10,12-13H,3-7,11,14-15H2,1-2H3,(H,20,24)(H,22,23)/b21-16-. The van der Waals surface area contributed by atoms with Gasteiger partial charge in [-0.1, -0.05) is 57.2 Å². The molecule has 0 saturated heterocycles. The number of anilines is 1. The average Bonchev–Trinajstić information content (AvgIpc) is 2.57. The molecule has 0 radical (unpaired) electrons. The van der Waals surface area contributed by atoms with E-state index in [0.29, 0.717) is 12.1 Å². The number of rotatable bonds is 11. The highest BCUT2D eigenvalue weighted by atomic mass is 16.2. The summed E-state index contributed by atoms with van der Waals surface area (Å²) in [6.45, 7) is 3.92. The summed E-state index contributed by atoms with van der Waals surface area (Å²) in [6, 6.07) is 9.26. The van der Waals surface area contributed by atoms with Crippen molar-refractivity contribution in [3.05, 3.63) is 30.3 Å². The summed E-state index contributed by atoms with van der Waals surface area (Å²) in [5.41, 5.74) is 3.86. The third-order valence-electron chi connectivity index (χ3n) is 3.60. The minimum absolute atomic E-state index is 0.0895. The molecule has 0 aliphatic rings. The summed E-state index contributed by atoms with van der Waals surface area (Å²) < 4.78 is 0. The first-order chi connectivity index (χ1) is 11.6. The zero-order chi connectivity index (χ0) is 17.6. The van der Waals surface area contributed by atoms with Crippen LogP contribution in [0.1, 0.15) is 65.2 Å². The normalized spacial score (nSPS) is 11.2. The van der Waals surface area contributed by atoms with Gasteiger partial charge >= 0.3 is 0 Å². The maximum atomic E-state index is 11.9. The van der Waals surface area contributed by atoms with Gasteiger partial charge in [-0.2, -0.15) is 5.10 Å². The van der Waals surface area contributed by atoms with Gasteiger partial charge in [-0.15, -0.1) is 0 Å². The van der Waals surface area contributed by atoms with E-state index in [4.69, 9.17) is 0 Å². The molecule has 2 amide bonds. The number of nitrogens with one attached hydrogen (secondary N) is 2. The first kappa shape index (κ1) is 19.9. The smallest absolute Gasteiger partial charge is 0.240 e. The Morgan fingerprint density at radius 3 is 2.33 bits per heavy atom. The number of carbonyl (C=O) groups is 2. The van der Waals surface area contributed by atoms with Gasteiger partial charge in [-0.05, 0) is 25.5 Å². The highest BCUT2D eigenvalue weighted by molar-refractivity contribution is 6.05. The van der Waals surface area contributed by atoms with Gasteiger partial charge in [0.2, 0.25) is 11.8 Å². The predicted octanol–water partition coefficient (Wildman–Crippen LogP) is 4.26. The van der Waals surface area contributed by atoms with Crippen molar-refractivity contribution < 1.29 is 9.59 Å². The molecule has 0 spiro atoms. The maximum absolute atomic E-state index is 11.9. The maximum Gasteiger partial charge on any atom is 0.240 e. The molecule has 0 aliphatic heterocycles. The molecule has 5 heteroatoms. The first-order valence-corrected chi connectivity index (χ1v) is 8.78. The number of nitrogens with zero attached hydrogens (tertiary/aromatic N) is 1. The first-order valence-electron chi connectivity index (χ1n) is 8.78. The van der Waals surface area contributed by atoms with Crippen molar-refractivity contribution in [1.82, 2.24) is 5.43 Å². The highest BCUT2D eigenvalue weighted by Gasteiger charge is 2.05. The van der Waals surface area contributed by atoms with E-state index in [1.165, 1.54) is 25.7 Å². The number of benzene rings is 1. The Labute approximate surface area is 144 Å². The van der Waals surface area contributed by atoms with Gasteiger partial charge in [0.1, 0.15) is 0 Å². The van der Waals surface area contributed by atoms with Crippen molar-refractivity contribution >= 4 is 23.2 Å². The van der Waals surface area contributed by atoms with Crippen molar-refractivity contribution in [3.8, 4) is 0 Å². The number of para-hydroxylation sites is 1. The van der Waals surface area contributed by atoms with Crippen LogP contribution < -0.4 is 10.7 Å². The Kier molecular flexibility index (Phi) is 10.2. The number of hydrazone groups is 1. The van der Waals surface area contributed by atoms with E-state index in [1.54, 1.807) is 6.92 Å². The van der Waals surface area contributed by atoms with Crippen LogP contribution in [0.5, 0.6) is 0 Å². The van der Waals surface area contributed by atoms with Crippen LogP contribution in [-0.4, -0.2) is 17.5 Å². The molecule has 0 unspecified atom stereocenters. The van der Waals surface area contributed by atoms with E-state index in [0.717, 1.165) is 18.5 Å². The van der Waals surface area contributed by atoms with Crippen LogP contribution in [0.15, 0.2) is 35.4 Å². The number of hydrogen-bond donors (Lipinski definition) is 2. The molecule has 0 aromatic heterocycles. The summed E-state index contributed by atoms with van der Waals surface area (Å²) in [6.07, 6.45) is 7.53. The van der Waals surface area contributed by atoms with Crippen molar-refractivity contribution in [2.24, 2.45) is 5.10 Å². The summed E-state index contributed by atoms with van der Waals surface area (Å²) in [5, 5.41) is 6.78. The Morgan fingerprint density at radius 2 is 1.62 bits per heavy atom. The summed E-state index contributed by atoms with van der Waals surface area (Å²) >= 11 is 0. The lowest BCUT2D eigenvalue weighted by Gasteiger charge is -2.05. The van der Waals surface area contributed by atoms with Gasteiger partial charge in [0.05, 0.1) is 6.42 Å². The SMILES string of the molecule is CCCCCCCCC(=O)N/N=C(/C)CC(=O)Nc1ccccc1. The largest absolute Gasteiger partial charge is 0.326 e. The Morgan fingerprint density at radius 1 is 0.958 bits per heavy atom. The van der Waals surface area contributed by atoms with E-state index in [9.17, 15) is 9.59 Å². The molecule has 132 valence electrons. The molecule has 0 bridgehead atoms. The molecule has 0 saturated carbocycles. The molecule has 0 aliphatic carbocycles. The van der Waals surface area contributed by atoms with Crippen molar-refractivity contribution in [1.29, 1.82) is 0 Å². The minimum atomic E-state index is -0.146. The molecular formula is C19H29N3O2. The fraction of sp³-hybridized carbons (Fsp3) is 0.526. The summed E-state index contributed by atoms with van der Waals surface area (Å²) in [4.78, 5) is 23.6. The third-order valence-corrected chi connectivity index (χ3v) is 3.60. The Balaban J connectivity index is 2.18. The van der Waals surface area contributed by atoms with Crippen LogP contribution >= 0.6 is 0 Å². The van der Waals surface area contributed by atoms with E-state index in [-0.39, 0.29) is 18.2 Å². The monoisotopic (exact) mass is 331 g/mol. The fourth-order valence-electron chi connectivity index (χ4n) is 2.28. The summed E-state index contributed by atoms with van der Waals surface area (Å²) in [7, 11) is 0. The van der Waals surface area contributed by atoms with Gasteiger partial charge in [0.25, 0.3) is 0 Å². The third kappa shape index (κ3) is 9.77. The van der Waals surface area contributed by atoms with Crippen LogP contribution in [0.4, 0.5) is 5.69 Å². The average molecular weight is 331 g/mol. The van der Waals surface area contributed by atoms with Gasteiger partial charge in [-0.25, -0.2) is 5.43 Å². The van der Waals surface area contributed by atoms with E-state index >= 15 is 0 Å². The van der Waals surface area contributed by atoms with Crippen molar-refractivity contribution in [2.75, 3.05) is 5.32 Å². The molecular weight excluding hydrogens is 302 g/mol. The number of amides is 2. The molecule has 1 aromatic rings. The molecule has 5 nitrogen and oxygen atoms in total. The lowest BCUT2D eigenvalue weighted by molar-refractivity contribution is -0.121. The fourth-order valence-corrected chi connectivity index (χ4v) is 2.28. The Hall–Kier alpha value is -2.17. The minimum Gasteiger partial charge on any atom is -0.326 e. The van der Waals surface area contributed by atoms with Crippen LogP contribution in [0, 0.1) is 0 Å². The van der Waals surface area contributed by atoms with Crippen molar-refractivity contribution in [3.63, 3.8) is 0 Å². The van der Waals surface area contributed by atoms with Crippen molar-refractivity contribution in [2.45, 2.75) is 65.2 Å². The lowest BCUT2D eigenvalue weighted by Crippen LogP contribution is -2.21. The molecule has 2 N–H and O–H groups in total. The topological polar surface area (TPSA) is 70.6 Å². The van der Waals surface area contributed by atoms with Gasteiger partial charge < -0.3 is 5.32 Å². The zero-order valence-electron chi connectivity index (χ0n) is 14.8. The lowest BCUT2D eigenvalue weighted by atomic mass is 10.1. The number of carbonyl (C=O) groups excluding carboxylic acids is 2. The zero-order valence-corrected chi connectivity index (χ0v) is 14.8. The van der Waals surface area contributed by atoms with Crippen LogP contribution in [0.25, 0.3) is 0 Å².